The summed E-state index contributed by atoms with van der Waals surface area (Å²) in [4.78, 5) is 11.0. The summed E-state index contributed by atoms with van der Waals surface area (Å²) in [6.07, 6.45) is 0.591. The number of alkyl halides is 3. The molecule has 2 aliphatic heterocycles. The first-order chi connectivity index (χ1) is 13.4. The lowest BCUT2D eigenvalue weighted by Gasteiger charge is -2.34. The topological polar surface area (TPSA) is 40.5 Å². The number of nitrogens with zero attached hydrogens (tertiary/aromatic N) is 3. The first kappa shape index (κ1) is 18.9. The van der Waals surface area contributed by atoms with Crippen molar-refractivity contribution in [3.63, 3.8) is 0 Å². The molecule has 1 saturated heterocycles. The van der Waals surface area contributed by atoms with Crippen molar-refractivity contribution < 1.29 is 13.2 Å². The molecule has 0 bridgehead atoms. The monoisotopic (exact) mass is 388 g/mol. The van der Waals surface area contributed by atoms with Gasteiger partial charge in [0.05, 0.1) is 24.3 Å². The van der Waals surface area contributed by atoms with E-state index in [1.54, 1.807) is 12.1 Å². The second-order valence-electron chi connectivity index (χ2n) is 7.47. The number of likely N-dealkylation sites (tertiary alicyclic amines) is 1. The van der Waals surface area contributed by atoms with Gasteiger partial charge in [-0.2, -0.15) is 13.2 Å². The quantitative estimate of drug-likeness (QED) is 0.807. The van der Waals surface area contributed by atoms with E-state index in [4.69, 9.17) is 0 Å². The molecule has 0 spiro atoms. The molecule has 1 N–H and O–H groups in total. The van der Waals surface area contributed by atoms with E-state index in [9.17, 15) is 13.2 Å². The summed E-state index contributed by atoms with van der Waals surface area (Å²) in [5.74, 6) is 0.871. The van der Waals surface area contributed by atoms with E-state index < -0.39 is 11.7 Å². The summed E-state index contributed by atoms with van der Waals surface area (Å²) < 4.78 is 40.1. The summed E-state index contributed by atoms with van der Waals surface area (Å²) >= 11 is 0. The number of nitrogens with one attached hydrogen (secondary N) is 1. The van der Waals surface area contributed by atoms with Gasteiger partial charge in [-0.3, -0.25) is 14.9 Å². The summed E-state index contributed by atoms with van der Waals surface area (Å²) in [6.45, 7) is 4.56. The Labute approximate surface area is 162 Å². The lowest BCUT2D eigenvalue weighted by atomic mass is 10.0. The van der Waals surface area contributed by atoms with E-state index >= 15 is 0 Å². The molecule has 0 radical (unpaired) electrons. The van der Waals surface area contributed by atoms with Crippen LogP contribution in [0.15, 0.2) is 41.5 Å². The number of aliphatic imine (C=N–C) groups is 1. The number of halogens is 3. The van der Waals surface area contributed by atoms with Gasteiger partial charge in [0, 0.05) is 23.5 Å². The number of rotatable bonds is 3. The molecular formula is C21H23F3N4. The molecule has 2 aliphatic rings. The lowest BCUT2D eigenvalue weighted by molar-refractivity contribution is -0.137. The van der Waals surface area contributed by atoms with E-state index in [-0.39, 0.29) is 5.69 Å². The smallest absolute Gasteiger partial charge is 0.343 e. The fourth-order valence-corrected chi connectivity index (χ4v) is 3.89. The van der Waals surface area contributed by atoms with Crippen LogP contribution in [0.2, 0.25) is 0 Å². The van der Waals surface area contributed by atoms with Crippen molar-refractivity contribution in [2.75, 3.05) is 18.4 Å². The minimum absolute atomic E-state index is 0.0479. The third kappa shape index (κ3) is 3.90. The number of anilines is 1. The third-order valence-electron chi connectivity index (χ3n) is 5.51. The van der Waals surface area contributed by atoms with Gasteiger partial charge in [0.25, 0.3) is 0 Å². The van der Waals surface area contributed by atoms with Crippen molar-refractivity contribution in [3.8, 4) is 11.3 Å². The Hall–Kier alpha value is -2.41. The van der Waals surface area contributed by atoms with Gasteiger partial charge in [-0.25, -0.2) is 0 Å². The van der Waals surface area contributed by atoms with Crippen LogP contribution in [0, 0.1) is 0 Å². The van der Waals surface area contributed by atoms with Crippen molar-refractivity contribution in [3.05, 3.63) is 47.7 Å². The number of hydrogen-bond donors (Lipinski definition) is 1. The SMILES string of the molecule is CC1CCCCN1CC1=NCc2ccc(-c3ncccc3C(F)(F)F)cc2N1. The predicted molar refractivity (Wildman–Crippen MR) is 104 cm³/mol. The molecule has 4 rings (SSSR count). The van der Waals surface area contributed by atoms with Gasteiger partial charge in [-0.15, -0.1) is 0 Å². The van der Waals surface area contributed by atoms with Crippen molar-refractivity contribution in [2.45, 2.75) is 44.9 Å². The van der Waals surface area contributed by atoms with Gasteiger partial charge in [0.15, 0.2) is 0 Å². The number of aromatic nitrogens is 1. The van der Waals surface area contributed by atoms with E-state index in [0.717, 1.165) is 36.2 Å². The summed E-state index contributed by atoms with van der Waals surface area (Å²) in [7, 11) is 0. The highest BCUT2D eigenvalue weighted by molar-refractivity contribution is 5.99. The van der Waals surface area contributed by atoms with Crippen LogP contribution in [0.3, 0.4) is 0 Å². The van der Waals surface area contributed by atoms with E-state index in [2.05, 4.69) is 27.1 Å². The van der Waals surface area contributed by atoms with Gasteiger partial charge >= 0.3 is 6.18 Å². The van der Waals surface area contributed by atoms with Crippen LogP contribution < -0.4 is 5.32 Å². The van der Waals surface area contributed by atoms with Crippen LogP contribution in [0.25, 0.3) is 11.3 Å². The molecule has 3 heterocycles. The fraction of sp³-hybridized carbons (Fsp3) is 0.429. The third-order valence-corrected chi connectivity index (χ3v) is 5.51. The molecule has 0 saturated carbocycles. The first-order valence-corrected chi connectivity index (χ1v) is 9.62. The Morgan fingerprint density at radius 2 is 2.07 bits per heavy atom. The Morgan fingerprint density at radius 1 is 1.21 bits per heavy atom. The maximum absolute atomic E-state index is 13.4. The van der Waals surface area contributed by atoms with Crippen molar-refractivity contribution >= 4 is 11.5 Å². The Balaban J connectivity index is 1.58. The van der Waals surface area contributed by atoms with Crippen LogP contribution in [0.5, 0.6) is 0 Å². The van der Waals surface area contributed by atoms with E-state index in [1.807, 2.05) is 6.07 Å². The van der Waals surface area contributed by atoms with Crippen LogP contribution in [-0.4, -0.2) is 34.9 Å². The van der Waals surface area contributed by atoms with Gasteiger partial charge in [0.2, 0.25) is 0 Å². The number of pyridine rings is 1. The summed E-state index contributed by atoms with van der Waals surface area (Å²) in [5.41, 5.74) is 1.47. The highest BCUT2D eigenvalue weighted by atomic mass is 19.4. The number of hydrogen-bond acceptors (Lipinski definition) is 4. The Bertz CT molecular complexity index is 891. The van der Waals surface area contributed by atoms with E-state index in [1.165, 1.54) is 31.5 Å². The highest BCUT2D eigenvalue weighted by Gasteiger charge is 2.34. The minimum atomic E-state index is -4.44. The first-order valence-electron chi connectivity index (χ1n) is 9.62. The molecule has 0 aliphatic carbocycles. The molecular weight excluding hydrogens is 365 g/mol. The standard InChI is InChI=1S/C21H23F3N4/c1-14-5-2-3-10-28(14)13-19-26-12-16-8-7-15(11-18(16)27-19)20-17(21(22,23)24)6-4-9-25-20/h4,6-9,11,14H,2-3,5,10,12-13H2,1H3,(H,26,27). The molecule has 28 heavy (non-hydrogen) atoms. The largest absolute Gasteiger partial charge is 0.418 e. The maximum Gasteiger partial charge on any atom is 0.418 e. The average Bonchev–Trinajstić information content (AvgIpc) is 2.68. The molecule has 0 amide bonds. The lowest BCUT2D eigenvalue weighted by Crippen LogP contribution is -2.43. The van der Waals surface area contributed by atoms with Crippen LogP contribution >= 0.6 is 0 Å². The minimum Gasteiger partial charge on any atom is -0.343 e. The zero-order chi connectivity index (χ0) is 19.7. The van der Waals surface area contributed by atoms with E-state index in [0.29, 0.717) is 18.2 Å². The van der Waals surface area contributed by atoms with Crippen molar-refractivity contribution in [1.82, 2.24) is 9.88 Å². The molecule has 1 unspecified atom stereocenters. The second kappa shape index (κ2) is 7.54. The Kier molecular flexibility index (Phi) is 5.10. The zero-order valence-electron chi connectivity index (χ0n) is 15.8. The van der Waals surface area contributed by atoms with Crippen LogP contribution in [-0.2, 0) is 12.7 Å². The second-order valence-corrected chi connectivity index (χ2v) is 7.47. The number of piperidine rings is 1. The molecule has 2 aromatic rings. The molecule has 1 atom stereocenters. The highest BCUT2D eigenvalue weighted by Crippen LogP contribution is 2.37. The molecule has 1 fully saturated rings. The van der Waals surface area contributed by atoms with Gasteiger partial charge in [-0.05, 0) is 50.1 Å². The zero-order valence-corrected chi connectivity index (χ0v) is 15.8. The maximum atomic E-state index is 13.4. The summed E-state index contributed by atoms with van der Waals surface area (Å²) in [6, 6.07) is 8.17. The normalized spacial score (nSPS) is 20.3. The number of fused-ring (bicyclic) bond motifs is 1. The summed E-state index contributed by atoms with van der Waals surface area (Å²) in [5, 5.41) is 3.33. The predicted octanol–water partition coefficient (Wildman–Crippen LogP) is 4.97. The molecule has 1 aromatic heterocycles. The van der Waals surface area contributed by atoms with Crippen LogP contribution in [0.4, 0.5) is 18.9 Å². The van der Waals surface area contributed by atoms with Gasteiger partial charge in [-0.1, -0.05) is 18.6 Å². The van der Waals surface area contributed by atoms with Crippen LogP contribution in [0.1, 0.15) is 37.3 Å². The Morgan fingerprint density at radius 3 is 2.86 bits per heavy atom. The molecule has 1 aromatic carbocycles. The van der Waals surface area contributed by atoms with Gasteiger partial charge in [0.1, 0.15) is 5.84 Å². The molecule has 7 heteroatoms. The molecule has 4 nitrogen and oxygen atoms in total. The number of benzene rings is 1. The average molecular weight is 388 g/mol. The van der Waals surface area contributed by atoms with Gasteiger partial charge < -0.3 is 5.32 Å². The fourth-order valence-electron chi connectivity index (χ4n) is 3.89. The number of amidine groups is 1. The van der Waals surface area contributed by atoms with Crippen molar-refractivity contribution in [2.24, 2.45) is 4.99 Å². The van der Waals surface area contributed by atoms with Crippen molar-refractivity contribution in [1.29, 1.82) is 0 Å². The molecule has 148 valence electrons.